The lowest BCUT2D eigenvalue weighted by molar-refractivity contribution is -0.138. The van der Waals surface area contributed by atoms with Crippen molar-refractivity contribution < 1.29 is 24.2 Å². The lowest BCUT2D eigenvalue weighted by atomic mass is 10.3. The van der Waals surface area contributed by atoms with Crippen molar-refractivity contribution in [1.29, 1.82) is 0 Å². The molecular weight excluding hydrogens is 180 g/mol. The maximum Gasteiger partial charge on any atom is 0.425 e. The van der Waals surface area contributed by atoms with Crippen LogP contribution in [0.5, 0.6) is 0 Å². The third-order valence-corrected chi connectivity index (χ3v) is 1.06. The van der Waals surface area contributed by atoms with Gasteiger partial charge in [-0.05, 0) is 0 Å². The van der Waals surface area contributed by atoms with E-state index in [-0.39, 0.29) is 12.8 Å². The van der Waals surface area contributed by atoms with Crippen molar-refractivity contribution in [2.24, 2.45) is 0 Å². The summed E-state index contributed by atoms with van der Waals surface area (Å²) in [5.41, 5.74) is 3.86. The summed E-state index contributed by atoms with van der Waals surface area (Å²) in [7, 11) is 1.14. The van der Waals surface area contributed by atoms with Gasteiger partial charge < -0.3 is 9.84 Å². The first-order valence-electron chi connectivity index (χ1n) is 3.41. The molecule has 0 heterocycles. The number of carboxylic acid groups (broad SMARTS) is 1. The van der Waals surface area contributed by atoms with Crippen LogP contribution in [0, 0.1) is 0 Å². The number of rotatable bonds is 3. The van der Waals surface area contributed by atoms with Crippen LogP contribution in [0.4, 0.5) is 4.79 Å². The standard InChI is InChI=1S/C6H10N2O5/c1-13-6(12)8-7-4(9)2-3-5(10)11/h2-3H2,1H3,(H,7,9)(H,8,12)(H,10,11). The number of hydrogen-bond donors (Lipinski definition) is 3. The van der Waals surface area contributed by atoms with Gasteiger partial charge in [0, 0.05) is 6.42 Å². The number of amides is 2. The van der Waals surface area contributed by atoms with Crippen molar-refractivity contribution >= 4 is 18.0 Å². The van der Waals surface area contributed by atoms with E-state index in [0.717, 1.165) is 7.11 Å². The van der Waals surface area contributed by atoms with E-state index in [1.165, 1.54) is 0 Å². The van der Waals surface area contributed by atoms with E-state index in [2.05, 4.69) is 4.74 Å². The molecule has 0 radical (unpaired) electrons. The number of methoxy groups -OCH3 is 1. The second-order valence-corrected chi connectivity index (χ2v) is 2.06. The number of nitrogens with one attached hydrogen (secondary N) is 2. The van der Waals surface area contributed by atoms with E-state index in [4.69, 9.17) is 5.11 Å². The maximum absolute atomic E-state index is 10.7. The molecular formula is C6H10N2O5. The Morgan fingerprint density at radius 2 is 1.85 bits per heavy atom. The third kappa shape index (κ3) is 6.60. The molecule has 2 amide bonds. The van der Waals surface area contributed by atoms with E-state index in [1.54, 1.807) is 0 Å². The molecule has 0 unspecified atom stereocenters. The summed E-state index contributed by atoms with van der Waals surface area (Å²) in [6.07, 6.45) is -1.29. The quantitative estimate of drug-likeness (QED) is 0.507. The highest BCUT2D eigenvalue weighted by Crippen LogP contribution is 1.86. The van der Waals surface area contributed by atoms with E-state index >= 15 is 0 Å². The number of hydrogen-bond acceptors (Lipinski definition) is 4. The minimum absolute atomic E-state index is 0.195. The average molecular weight is 190 g/mol. The zero-order valence-electron chi connectivity index (χ0n) is 6.99. The molecule has 0 aromatic carbocycles. The zero-order valence-corrected chi connectivity index (χ0v) is 6.99. The molecule has 0 aromatic heterocycles. The van der Waals surface area contributed by atoms with Gasteiger partial charge in [0.05, 0.1) is 13.5 Å². The summed E-state index contributed by atoms with van der Waals surface area (Å²) < 4.78 is 4.15. The van der Waals surface area contributed by atoms with Crippen LogP contribution >= 0.6 is 0 Å². The maximum atomic E-state index is 10.7. The van der Waals surface area contributed by atoms with Crippen LogP contribution in [0.25, 0.3) is 0 Å². The van der Waals surface area contributed by atoms with Crippen LogP contribution in [0.15, 0.2) is 0 Å². The van der Waals surface area contributed by atoms with E-state index < -0.39 is 18.0 Å². The van der Waals surface area contributed by atoms with Crippen LogP contribution in [0.2, 0.25) is 0 Å². The van der Waals surface area contributed by atoms with Gasteiger partial charge in [-0.2, -0.15) is 0 Å². The topological polar surface area (TPSA) is 105 Å². The molecule has 0 saturated heterocycles. The molecule has 0 saturated carbocycles. The van der Waals surface area contributed by atoms with Crippen LogP contribution in [-0.2, 0) is 14.3 Å². The largest absolute Gasteiger partial charge is 0.481 e. The second-order valence-electron chi connectivity index (χ2n) is 2.06. The van der Waals surface area contributed by atoms with E-state index in [0.29, 0.717) is 0 Å². The van der Waals surface area contributed by atoms with Crippen molar-refractivity contribution in [3.05, 3.63) is 0 Å². The Labute approximate surface area is 74.0 Å². The predicted octanol–water partition coefficient (Wildman–Crippen LogP) is -0.762. The highest BCUT2D eigenvalue weighted by atomic mass is 16.5. The minimum Gasteiger partial charge on any atom is -0.481 e. The third-order valence-electron chi connectivity index (χ3n) is 1.06. The van der Waals surface area contributed by atoms with Gasteiger partial charge in [0.2, 0.25) is 5.91 Å². The molecule has 13 heavy (non-hydrogen) atoms. The Hall–Kier alpha value is -1.79. The average Bonchev–Trinajstić information content (AvgIpc) is 2.10. The van der Waals surface area contributed by atoms with Gasteiger partial charge >= 0.3 is 12.1 Å². The Balaban J connectivity index is 3.52. The molecule has 0 rings (SSSR count). The summed E-state index contributed by atoms with van der Waals surface area (Å²) in [4.78, 5) is 31.1. The fraction of sp³-hybridized carbons (Fsp3) is 0.500. The van der Waals surface area contributed by atoms with Gasteiger partial charge in [0.15, 0.2) is 0 Å². The Morgan fingerprint density at radius 1 is 1.23 bits per heavy atom. The minimum atomic E-state index is -1.08. The normalized spacial score (nSPS) is 8.69. The number of carbonyl (C=O) groups is 3. The number of hydrazine groups is 1. The Kier molecular flexibility index (Phi) is 5.01. The number of ether oxygens (including phenoxy) is 1. The predicted molar refractivity (Wildman–Crippen MR) is 40.6 cm³/mol. The van der Waals surface area contributed by atoms with Crippen LogP contribution < -0.4 is 10.9 Å². The number of aliphatic carboxylic acids is 1. The first-order chi connectivity index (χ1) is 6.06. The fourth-order valence-corrected chi connectivity index (χ4v) is 0.455. The first-order valence-corrected chi connectivity index (χ1v) is 3.41. The molecule has 0 fully saturated rings. The summed E-state index contributed by atoms with van der Waals surface area (Å²) in [5.74, 6) is -1.67. The Morgan fingerprint density at radius 3 is 2.31 bits per heavy atom. The summed E-state index contributed by atoms with van der Waals surface area (Å²) in [6.45, 7) is 0. The molecule has 0 aromatic rings. The molecule has 74 valence electrons. The van der Waals surface area contributed by atoms with Crippen molar-refractivity contribution in [1.82, 2.24) is 10.9 Å². The Bertz CT molecular complexity index is 215. The number of carboxylic acids is 1. The summed E-state index contributed by atoms with van der Waals surface area (Å²) >= 11 is 0. The van der Waals surface area contributed by atoms with Crippen molar-refractivity contribution in [3.8, 4) is 0 Å². The molecule has 0 spiro atoms. The number of carbonyl (C=O) groups excluding carboxylic acids is 2. The fourth-order valence-electron chi connectivity index (χ4n) is 0.455. The molecule has 0 aliphatic carbocycles. The summed E-state index contributed by atoms with van der Waals surface area (Å²) in [5, 5.41) is 8.19. The molecule has 0 aliphatic rings. The van der Waals surface area contributed by atoms with Gasteiger partial charge in [-0.3, -0.25) is 15.0 Å². The lowest BCUT2D eigenvalue weighted by Gasteiger charge is -2.04. The SMILES string of the molecule is COC(=O)NNC(=O)CCC(=O)O. The van der Waals surface area contributed by atoms with Crippen molar-refractivity contribution in [3.63, 3.8) is 0 Å². The smallest absolute Gasteiger partial charge is 0.425 e. The van der Waals surface area contributed by atoms with Gasteiger partial charge in [-0.15, -0.1) is 0 Å². The molecule has 0 aliphatic heterocycles. The molecule has 7 heteroatoms. The van der Waals surface area contributed by atoms with Gasteiger partial charge in [-0.1, -0.05) is 0 Å². The van der Waals surface area contributed by atoms with Crippen molar-refractivity contribution in [2.45, 2.75) is 12.8 Å². The molecule has 0 bridgehead atoms. The van der Waals surface area contributed by atoms with Crippen LogP contribution in [0.3, 0.4) is 0 Å². The summed E-state index contributed by atoms with van der Waals surface area (Å²) in [6, 6.07) is 0. The zero-order chi connectivity index (χ0) is 10.3. The van der Waals surface area contributed by atoms with Gasteiger partial charge in [0.1, 0.15) is 0 Å². The highest BCUT2D eigenvalue weighted by Gasteiger charge is 2.05. The van der Waals surface area contributed by atoms with Crippen LogP contribution in [-0.4, -0.2) is 30.2 Å². The lowest BCUT2D eigenvalue weighted by Crippen LogP contribution is -2.41. The van der Waals surface area contributed by atoms with Gasteiger partial charge in [-0.25, -0.2) is 10.2 Å². The van der Waals surface area contributed by atoms with Gasteiger partial charge in [0.25, 0.3) is 0 Å². The monoisotopic (exact) mass is 190 g/mol. The molecule has 7 nitrogen and oxygen atoms in total. The van der Waals surface area contributed by atoms with E-state index in [1.807, 2.05) is 10.9 Å². The van der Waals surface area contributed by atoms with Crippen LogP contribution in [0.1, 0.15) is 12.8 Å². The second kappa shape index (κ2) is 5.81. The van der Waals surface area contributed by atoms with E-state index in [9.17, 15) is 14.4 Å². The highest BCUT2D eigenvalue weighted by molar-refractivity contribution is 5.82. The first kappa shape index (κ1) is 11.2. The molecule has 0 atom stereocenters. The molecule has 3 N–H and O–H groups in total. The van der Waals surface area contributed by atoms with Crippen molar-refractivity contribution in [2.75, 3.05) is 7.11 Å².